The molecular weight excluding hydrogens is 290 g/mol. The van der Waals surface area contributed by atoms with Crippen LogP contribution in [0.1, 0.15) is 96.5 Å². The van der Waals surface area contributed by atoms with Crippen LogP contribution in [0.3, 0.4) is 0 Å². The highest BCUT2D eigenvalue weighted by molar-refractivity contribution is 5.15. The fraction of sp³-hybridized carbons (Fsp3) is 0.739. The maximum absolute atomic E-state index is 3.67. The molecule has 1 heteroatoms. The van der Waals surface area contributed by atoms with Crippen LogP contribution in [-0.2, 0) is 6.42 Å². The van der Waals surface area contributed by atoms with Crippen molar-refractivity contribution in [3.8, 4) is 0 Å². The van der Waals surface area contributed by atoms with Gasteiger partial charge in [0.25, 0.3) is 0 Å². The van der Waals surface area contributed by atoms with Crippen LogP contribution < -0.4 is 5.32 Å². The average molecular weight is 332 g/mol. The van der Waals surface area contributed by atoms with Crippen LogP contribution in [0.15, 0.2) is 30.3 Å². The summed E-state index contributed by atoms with van der Waals surface area (Å²) < 4.78 is 0. The SMILES string of the molecule is CCCCCCCCCCCCCCNC(C)Cc1ccccc1. The quantitative estimate of drug-likeness (QED) is 0.324. The molecule has 1 unspecified atom stereocenters. The minimum Gasteiger partial charge on any atom is -0.314 e. The number of hydrogen-bond acceptors (Lipinski definition) is 1. The zero-order valence-corrected chi connectivity index (χ0v) is 16.4. The number of benzene rings is 1. The molecule has 0 aliphatic rings. The molecule has 0 fully saturated rings. The molecule has 0 radical (unpaired) electrons. The molecular formula is C23H41N. The predicted molar refractivity (Wildman–Crippen MR) is 109 cm³/mol. The first-order valence-corrected chi connectivity index (χ1v) is 10.6. The average Bonchev–Trinajstić information content (AvgIpc) is 2.60. The molecule has 0 saturated carbocycles. The normalized spacial score (nSPS) is 12.4. The molecule has 0 aromatic heterocycles. The van der Waals surface area contributed by atoms with Gasteiger partial charge in [-0.1, -0.05) is 108 Å². The molecule has 0 bridgehead atoms. The van der Waals surface area contributed by atoms with Crippen molar-refractivity contribution in [3.05, 3.63) is 35.9 Å². The van der Waals surface area contributed by atoms with Crippen molar-refractivity contribution in [1.29, 1.82) is 0 Å². The number of unbranched alkanes of at least 4 members (excludes halogenated alkanes) is 11. The molecule has 0 heterocycles. The second-order valence-electron chi connectivity index (χ2n) is 7.43. The smallest absolute Gasteiger partial charge is 0.00791 e. The summed E-state index contributed by atoms with van der Waals surface area (Å²) in [4.78, 5) is 0. The Morgan fingerprint density at radius 1 is 0.708 bits per heavy atom. The van der Waals surface area contributed by atoms with E-state index in [1.54, 1.807) is 0 Å². The summed E-state index contributed by atoms with van der Waals surface area (Å²) in [7, 11) is 0. The zero-order valence-electron chi connectivity index (χ0n) is 16.4. The van der Waals surface area contributed by atoms with Gasteiger partial charge in [-0.25, -0.2) is 0 Å². The molecule has 1 aromatic carbocycles. The lowest BCUT2D eigenvalue weighted by Crippen LogP contribution is -2.28. The molecule has 0 amide bonds. The van der Waals surface area contributed by atoms with Gasteiger partial charge in [0, 0.05) is 6.04 Å². The van der Waals surface area contributed by atoms with Crippen molar-refractivity contribution in [1.82, 2.24) is 5.32 Å². The first kappa shape index (κ1) is 21.2. The highest BCUT2D eigenvalue weighted by Crippen LogP contribution is 2.11. The first-order valence-electron chi connectivity index (χ1n) is 10.6. The Morgan fingerprint density at radius 3 is 1.75 bits per heavy atom. The van der Waals surface area contributed by atoms with Crippen molar-refractivity contribution >= 4 is 0 Å². The molecule has 24 heavy (non-hydrogen) atoms. The Kier molecular flexibility index (Phi) is 13.9. The van der Waals surface area contributed by atoms with Crippen molar-refractivity contribution in [2.75, 3.05) is 6.54 Å². The summed E-state index contributed by atoms with van der Waals surface area (Å²) in [6, 6.07) is 11.4. The Labute approximate surface area is 151 Å². The third-order valence-electron chi connectivity index (χ3n) is 4.91. The summed E-state index contributed by atoms with van der Waals surface area (Å²) >= 11 is 0. The highest BCUT2D eigenvalue weighted by Gasteiger charge is 2.02. The standard InChI is InChI=1S/C23H41N/c1-3-4-5-6-7-8-9-10-11-12-13-17-20-24-22(2)21-23-18-15-14-16-19-23/h14-16,18-19,22,24H,3-13,17,20-21H2,1-2H3. The van der Waals surface area contributed by atoms with Crippen LogP contribution in [0, 0.1) is 0 Å². The van der Waals surface area contributed by atoms with E-state index in [-0.39, 0.29) is 0 Å². The van der Waals surface area contributed by atoms with Gasteiger partial charge in [0.2, 0.25) is 0 Å². The monoisotopic (exact) mass is 331 g/mol. The van der Waals surface area contributed by atoms with E-state index in [1.165, 1.54) is 89.2 Å². The molecule has 0 aliphatic carbocycles. The van der Waals surface area contributed by atoms with Gasteiger partial charge in [-0.3, -0.25) is 0 Å². The van der Waals surface area contributed by atoms with Crippen molar-refractivity contribution < 1.29 is 0 Å². The Balaban J connectivity index is 1.80. The Bertz CT molecular complexity index is 360. The van der Waals surface area contributed by atoms with Gasteiger partial charge in [0.05, 0.1) is 0 Å². The lowest BCUT2D eigenvalue weighted by Gasteiger charge is -2.13. The first-order chi connectivity index (χ1) is 11.8. The number of rotatable bonds is 16. The van der Waals surface area contributed by atoms with E-state index >= 15 is 0 Å². The maximum Gasteiger partial charge on any atom is 0.00791 e. The van der Waals surface area contributed by atoms with Crippen LogP contribution >= 0.6 is 0 Å². The topological polar surface area (TPSA) is 12.0 Å². The predicted octanol–water partition coefficient (Wildman–Crippen LogP) is 6.91. The zero-order chi connectivity index (χ0) is 17.3. The molecule has 138 valence electrons. The lowest BCUT2D eigenvalue weighted by molar-refractivity contribution is 0.504. The lowest BCUT2D eigenvalue weighted by atomic mass is 10.0. The van der Waals surface area contributed by atoms with E-state index in [1.807, 2.05) is 0 Å². The molecule has 1 rings (SSSR count). The fourth-order valence-corrected chi connectivity index (χ4v) is 3.35. The third-order valence-corrected chi connectivity index (χ3v) is 4.91. The maximum atomic E-state index is 3.67. The summed E-state index contributed by atoms with van der Waals surface area (Å²) in [5, 5.41) is 3.67. The van der Waals surface area contributed by atoms with E-state index in [2.05, 4.69) is 49.5 Å². The number of hydrogen-bond donors (Lipinski definition) is 1. The molecule has 1 N–H and O–H groups in total. The van der Waals surface area contributed by atoms with Crippen LogP contribution in [0.2, 0.25) is 0 Å². The molecule has 1 atom stereocenters. The molecule has 1 nitrogen and oxygen atoms in total. The van der Waals surface area contributed by atoms with Gasteiger partial charge in [-0.05, 0) is 31.9 Å². The molecule has 1 aromatic rings. The third kappa shape index (κ3) is 12.6. The van der Waals surface area contributed by atoms with E-state index in [0.29, 0.717) is 6.04 Å². The summed E-state index contributed by atoms with van der Waals surface area (Å²) in [5.74, 6) is 0. The minimum atomic E-state index is 0.583. The molecule has 0 spiro atoms. The van der Waals surface area contributed by atoms with Crippen molar-refractivity contribution in [2.45, 2.75) is 103 Å². The van der Waals surface area contributed by atoms with Gasteiger partial charge >= 0.3 is 0 Å². The second kappa shape index (κ2) is 15.7. The van der Waals surface area contributed by atoms with Crippen LogP contribution in [0.5, 0.6) is 0 Å². The van der Waals surface area contributed by atoms with Crippen molar-refractivity contribution in [2.24, 2.45) is 0 Å². The van der Waals surface area contributed by atoms with E-state index in [0.717, 1.165) is 6.42 Å². The van der Waals surface area contributed by atoms with Gasteiger partial charge in [0.1, 0.15) is 0 Å². The van der Waals surface area contributed by atoms with Gasteiger partial charge < -0.3 is 5.32 Å². The van der Waals surface area contributed by atoms with E-state index < -0.39 is 0 Å². The van der Waals surface area contributed by atoms with Crippen LogP contribution in [0.4, 0.5) is 0 Å². The Hall–Kier alpha value is -0.820. The Morgan fingerprint density at radius 2 is 1.21 bits per heavy atom. The number of nitrogens with one attached hydrogen (secondary N) is 1. The minimum absolute atomic E-state index is 0.583. The van der Waals surface area contributed by atoms with Crippen LogP contribution in [-0.4, -0.2) is 12.6 Å². The van der Waals surface area contributed by atoms with Gasteiger partial charge in [-0.2, -0.15) is 0 Å². The van der Waals surface area contributed by atoms with Gasteiger partial charge in [-0.15, -0.1) is 0 Å². The molecule has 0 saturated heterocycles. The van der Waals surface area contributed by atoms with Gasteiger partial charge in [0.15, 0.2) is 0 Å². The summed E-state index contributed by atoms with van der Waals surface area (Å²) in [6.07, 6.45) is 18.2. The van der Waals surface area contributed by atoms with E-state index in [9.17, 15) is 0 Å². The summed E-state index contributed by atoms with van der Waals surface area (Å²) in [5.41, 5.74) is 1.44. The summed E-state index contributed by atoms with van der Waals surface area (Å²) in [6.45, 7) is 5.76. The second-order valence-corrected chi connectivity index (χ2v) is 7.43. The van der Waals surface area contributed by atoms with E-state index in [4.69, 9.17) is 0 Å². The fourth-order valence-electron chi connectivity index (χ4n) is 3.35. The van der Waals surface area contributed by atoms with Crippen LogP contribution in [0.25, 0.3) is 0 Å². The highest BCUT2D eigenvalue weighted by atomic mass is 14.9. The molecule has 0 aliphatic heterocycles. The van der Waals surface area contributed by atoms with Crippen molar-refractivity contribution in [3.63, 3.8) is 0 Å². The largest absolute Gasteiger partial charge is 0.314 e.